The van der Waals surface area contributed by atoms with Crippen LogP contribution in [0.1, 0.15) is 45.4 Å². The molecule has 0 bridgehead atoms. The highest BCUT2D eigenvalue weighted by molar-refractivity contribution is 5.85. The van der Waals surface area contributed by atoms with Crippen molar-refractivity contribution in [2.75, 3.05) is 39.4 Å². The van der Waals surface area contributed by atoms with Crippen molar-refractivity contribution in [3.8, 4) is 0 Å². The van der Waals surface area contributed by atoms with Gasteiger partial charge in [-0.2, -0.15) is 0 Å². The largest absolute Gasteiger partial charge is 0.379 e. The van der Waals surface area contributed by atoms with Gasteiger partial charge in [-0.1, -0.05) is 19.3 Å². The molecule has 1 amide bonds. The molecule has 138 valence electrons. The van der Waals surface area contributed by atoms with Crippen molar-refractivity contribution in [2.24, 2.45) is 11.1 Å². The lowest BCUT2D eigenvalue weighted by Gasteiger charge is -2.42. The highest BCUT2D eigenvalue weighted by atomic mass is 35.5. The van der Waals surface area contributed by atoms with Gasteiger partial charge in [0.15, 0.2) is 0 Å². The fraction of sp³-hybridized carbons (Fsp3) is 0.938. The molecule has 1 aliphatic heterocycles. The normalized spacial score (nSPS) is 22.3. The van der Waals surface area contributed by atoms with Crippen LogP contribution in [0.15, 0.2) is 0 Å². The van der Waals surface area contributed by atoms with Gasteiger partial charge in [0.2, 0.25) is 5.91 Å². The number of rotatable bonds is 6. The van der Waals surface area contributed by atoms with E-state index in [9.17, 15) is 4.79 Å². The summed E-state index contributed by atoms with van der Waals surface area (Å²) in [5.41, 5.74) is 5.95. The number of carbonyl (C=O) groups is 1. The van der Waals surface area contributed by atoms with E-state index in [1.165, 1.54) is 32.1 Å². The summed E-state index contributed by atoms with van der Waals surface area (Å²) < 4.78 is 5.44. The van der Waals surface area contributed by atoms with Crippen molar-refractivity contribution in [2.45, 2.75) is 51.5 Å². The Balaban J connectivity index is 0.00000242. The first-order valence-corrected chi connectivity index (χ1v) is 8.42. The fourth-order valence-corrected chi connectivity index (χ4v) is 3.58. The molecule has 1 atom stereocenters. The molecule has 1 saturated carbocycles. The number of ether oxygens (including phenoxy) is 1. The van der Waals surface area contributed by atoms with Crippen LogP contribution in [0.25, 0.3) is 0 Å². The van der Waals surface area contributed by atoms with Crippen LogP contribution in [-0.2, 0) is 9.53 Å². The molecule has 0 aromatic rings. The average molecular weight is 370 g/mol. The Kier molecular flexibility index (Phi) is 11.4. The van der Waals surface area contributed by atoms with Crippen molar-refractivity contribution in [1.29, 1.82) is 0 Å². The number of nitrogens with two attached hydrogens (primary N) is 1. The molecule has 0 aromatic heterocycles. The Morgan fingerprint density at radius 3 is 2.39 bits per heavy atom. The van der Waals surface area contributed by atoms with Gasteiger partial charge in [0.05, 0.1) is 13.2 Å². The topological polar surface area (TPSA) is 67.6 Å². The highest BCUT2D eigenvalue weighted by Crippen LogP contribution is 2.36. The minimum Gasteiger partial charge on any atom is -0.379 e. The van der Waals surface area contributed by atoms with Crippen LogP contribution in [0, 0.1) is 5.41 Å². The molecule has 3 N–H and O–H groups in total. The summed E-state index contributed by atoms with van der Waals surface area (Å²) in [4.78, 5) is 14.4. The third-order valence-corrected chi connectivity index (χ3v) is 4.74. The number of hydrogen-bond donors (Lipinski definition) is 2. The Labute approximate surface area is 152 Å². The number of nitrogens with zero attached hydrogens (tertiary/aromatic N) is 1. The quantitative estimate of drug-likeness (QED) is 0.750. The van der Waals surface area contributed by atoms with E-state index in [1.807, 2.05) is 6.92 Å². The van der Waals surface area contributed by atoms with Gasteiger partial charge < -0.3 is 15.8 Å². The van der Waals surface area contributed by atoms with E-state index < -0.39 is 0 Å². The Bertz CT molecular complexity index is 331. The van der Waals surface area contributed by atoms with Crippen LogP contribution in [0.3, 0.4) is 0 Å². The molecular formula is C16H33Cl2N3O2. The van der Waals surface area contributed by atoms with Crippen LogP contribution in [-0.4, -0.2) is 56.2 Å². The zero-order valence-corrected chi connectivity index (χ0v) is 15.9. The molecule has 2 fully saturated rings. The molecule has 5 nitrogen and oxygen atoms in total. The number of carbonyl (C=O) groups excluding carboxylic acids is 1. The maximum atomic E-state index is 11.9. The van der Waals surface area contributed by atoms with Gasteiger partial charge in [0.25, 0.3) is 0 Å². The first-order valence-electron chi connectivity index (χ1n) is 8.42. The molecule has 1 saturated heterocycles. The van der Waals surface area contributed by atoms with Gasteiger partial charge in [-0.05, 0) is 19.8 Å². The summed E-state index contributed by atoms with van der Waals surface area (Å²) in [7, 11) is 0. The molecule has 2 rings (SSSR count). The summed E-state index contributed by atoms with van der Waals surface area (Å²) in [6.45, 7) is 7.50. The van der Waals surface area contributed by atoms with Crippen LogP contribution < -0.4 is 11.1 Å². The predicted octanol–water partition coefficient (Wildman–Crippen LogP) is 1.97. The molecule has 0 radical (unpaired) electrons. The highest BCUT2D eigenvalue weighted by Gasteiger charge is 2.34. The van der Waals surface area contributed by atoms with E-state index in [0.717, 1.165) is 39.4 Å². The van der Waals surface area contributed by atoms with Crippen molar-refractivity contribution in [3.05, 3.63) is 0 Å². The van der Waals surface area contributed by atoms with Crippen molar-refractivity contribution in [3.63, 3.8) is 0 Å². The molecule has 0 aromatic carbocycles. The molecule has 7 heteroatoms. The van der Waals surface area contributed by atoms with Crippen LogP contribution in [0.4, 0.5) is 0 Å². The fourth-order valence-electron chi connectivity index (χ4n) is 3.58. The standard InChI is InChI=1S/C16H31N3O2.2ClH/c1-14(17)11-15(20)18-12-16(5-3-2-4-6-16)13-19-7-9-21-10-8-19;;/h14H,2-13,17H2,1H3,(H,18,20);2*1H. The first-order chi connectivity index (χ1) is 10.1. The monoisotopic (exact) mass is 369 g/mol. The van der Waals surface area contributed by atoms with Gasteiger partial charge >= 0.3 is 0 Å². The van der Waals surface area contributed by atoms with Gasteiger partial charge in [0, 0.05) is 44.1 Å². The second-order valence-electron chi connectivity index (χ2n) is 6.91. The van der Waals surface area contributed by atoms with E-state index >= 15 is 0 Å². The maximum Gasteiger partial charge on any atom is 0.221 e. The number of morpholine rings is 1. The Morgan fingerprint density at radius 1 is 1.22 bits per heavy atom. The average Bonchev–Trinajstić information content (AvgIpc) is 2.47. The van der Waals surface area contributed by atoms with E-state index in [2.05, 4.69) is 10.2 Å². The van der Waals surface area contributed by atoms with Gasteiger partial charge in [-0.15, -0.1) is 24.8 Å². The second kappa shape index (κ2) is 11.5. The Hall–Kier alpha value is -0.0700. The van der Waals surface area contributed by atoms with E-state index in [4.69, 9.17) is 10.5 Å². The summed E-state index contributed by atoms with van der Waals surface area (Å²) in [5.74, 6) is 0.0944. The van der Waals surface area contributed by atoms with E-state index in [-0.39, 0.29) is 42.2 Å². The van der Waals surface area contributed by atoms with Gasteiger partial charge in [-0.25, -0.2) is 0 Å². The molecule has 2 aliphatic rings. The number of amides is 1. The molecule has 23 heavy (non-hydrogen) atoms. The zero-order valence-electron chi connectivity index (χ0n) is 14.2. The number of nitrogens with one attached hydrogen (secondary N) is 1. The predicted molar refractivity (Wildman–Crippen MR) is 98.5 cm³/mol. The van der Waals surface area contributed by atoms with Crippen LogP contribution in [0.5, 0.6) is 0 Å². The molecule has 1 unspecified atom stereocenters. The van der Waals surface area contributed by atoms with Crippen LogP contribution >= 0.6 is 24.8 Å². The number of hydrogen-bond acceptors (Lipinski definition) is 4. The van der Waals surface area contributed by atoms with Gasteiger partial charge in [-0.3, -0.25) is 9.69 Å². The summed E-state index contributed by atoms with van der Waals surface area (Å²) in [6.07, 6.45) is 6.78. The lowest BCUT2D eigenvalue weighted by atomic mass is 9.73. The zero-order chi connectivity index (χ0) is 15.1. The molecule has 1 heterocycles. The minimum atomic E-state index is -0.0634. The molecular weight excluding hydrogens is 337 g/mol. The minimum absolute atomic E-state index is 0. The van der Waals surface area contributed by atoms with E-state index in [1.54, 1.807) is 0 Å². The Morgan fingerprint density at radius 2 is 1.83 bits per heavy atom. The SMILES string of the molecule is CC(N)CC(=O)NCC1(CN2CCOCC2)CCCCC1.Cl.Cl. The lowest BCUT2D eigenvalue weighted by Crippen LogP contribution is -2.49. The lowest BCUT2D eigenvalue weighted by molar-refractivity contribution is -0.122. The maximum absolute atomic E-state index is 11.9. The summed E-state index contributed by atoms with van der Waals surface area (Å²) in [5, 5.41) is 3.14. The third kappa shape index (κ3) is 8.03. The van der Waals surface area contributed by atoms with Crippen molar-refractivity contribution in [1.82, 2.24) is 10.2 Å². The smallest absolute Gasteiger partial charge is 0.221 e. The third-order valence-electron chi connectivity index (χ3n) is 4.74. The first kappa shape index (κ1) is 22.9. The summed E-state index contributed by atoms with van der Waals surface area (Å²) >= 11 is 0. The molecule has 1 aliphatic carbocycles. The van der Waals surface area contributed by atoms with Crippen LogP contribution in [0.2, 0.25) is 0 Å². The van der Waals surface area contributed by atoms with Crippen molar-refractivity contribution < 1.29 is 9.53 Å². The second-order valence-corrected chi connectivity index (χ2v) is 6.91. The number of halogens is 2. The molecule has 0 spiro atoms. The summed E-state index contributed by atoms with van der Waals surface area (Å²) in [6, 6.07) is -0.0634. The van der Waals surface area contributed by atoms with Crippen molar-refractivity contribution >= 4 is 30.7 Å². The van der Waals surface area contributed by atoms with E-state index in [0.29, 0.717) is 6.42 Å². The van der Waals surface area contributed by atoms with Gasteiger partial charge in [0.1, 0.15) is 0 Å².